The van der Waals surface area contributed by atoms with Crippen molar-refractivity contribution in [1.82, 2.24) is 0 Å². The number of rotatable bonds is 9. The highest BCUT2D eigenvalue weighted by molar-refractivity contribution is 5.66. The first-order valence-corrected chi connectivity index (χ1v) is 7.32. The molecular formula is C16H22O8. The number of aliphatic hydroxyl groups excluding tert-OH is 2. The summed E-state index contributed by atoms with van der Waals surface area (Å²) in [7, 11) is 0. The third-order valence-electron chi connectivity index (χ3n) is 3.06. The van der Waals surface area contributed by atoms with Gasteiger partial charge in [-0.25, -0.2) is 0 Å². The van der Waals surface area contributed by atoms with Crippen molar-refractivity contribution in [2.45, 2.75) is 38.8 Å². The summed E-state index contributed by atoms with van der Waals surface area (Å²) in [5.74, 6) is -1.19. The molecule has 1 aromatic carbocycles. The molecule has 3 atom stereocenters. The molecule has 0 saturated carbocycles. The van der Waals surface area contributed by atoms with Crippen LogP contribution in [-0.4, -0.2) is 58.8 Å². The second kappa shape index (κ2) is 9.86. The Kier molecular flexibility index (Phi) is 8.17. The summed E-state index contributed by atoms with van der Waals surface area (Å²) in [6.07, 6.45) is -3.62. The van der Waals surface area contributed by atoms with E-state index in [1.165, 1.54) is 19.1 Å². The van der Waals surface area contributed by atoms with Gasteiger partial charge in [-0.1, -0.05) is 12.1 Å². The summed E-state index contributed by atoms with van der Waals surface area (Å²) in [6.45, 7) is 1.42. The first-order chi connectivity index (χ1) is 11.3. The van der Waals surface area contributed by atoms with Crippen LogP contribution < -0.4 is 0 Å². The third kappa shape index (κ3) is 6.95. The van der Waals surface area contributed by atoms with Gasteiger partial charge in [-0.05, 0) is 17.7 Å². The lowest BCUT2D eigenvalue weighted by atomic mass is 10.1. The minimum absolute atomic E-state index is 0.0102. The normalized spacial score (nSPS) is 14.5. The van der Waals surface area contributed by atoms with Crippen molar-refractivity contribution in [2.24, 2.45) is 0 Å². The highest BCUT2D eigenvalue weighted by atomic mass is 16.6. The third-order valence-corrected chi connectivity index (χ3v) is 3.06. The molecule has 0 aromatic heterocycles. The average molecular weight is 342 g/mol. The van der Waals surface area contributed by atoms with Gasteiger partial charge < -0.3 is 29.5 Å². The molecule has 0 saturated heterocycles. The second-order valence-corrected chi connectivity index (χ2v) is 5.15. The summed E-state index contributed by atoms with van der Waals surface area (Å²) in [4.78, 5) is 22.2. The zero-order chi connectivity index (χ0) is 18.1. The van der Waals surface area contributed by atoms with Crippen molar-refractivity contribution >= 4 is 11.9 Å². The fraction of sp³-hybridized carbons (Fsp3) is 0.500. The van der Waals surface area contributed by atoms with E-state index < -0.39 is 36.9 Å². The number of hydrogen-bond donors (Lipinski definition) is 3. The number of hydrogen-bond acceptors (Lipinski definition) is 8. The van der Waals surface area contributed by atoms with Gasteiger partial charge in [-0.3, -0.25) is 9.59 Å². The molecule has 24 heavy (non-hydrogen) atoms. The predicted molar refractivity (Wildman–Crippen MR) is 82.0 cm³/mol. The molecule has 0 fully saturated rings. The molecule has 0 heterocycles. The van der Waals surface area contributed by atoms with Gasteiger partial charge >= 0.3 is 11.9 Å². The topological polar surface area (TPSA) is 123 Å². The largest absolute Gasteiger partial charge is 0.508 e. The van der Waals surface area contributed by atoms with Crippen molar-refractivity contribution < 1.29 is 39.1 Å². The number of phenolic OH excluding ortho intramolecular Hbond substituents is 1. The number of esters is 2. The molecule has 0 aliphatic rings. The summed E-state index contributed by atoms with van der Waals surface area (Å²) in [5.41, 5.74) is 0.628. The van der Waals surface area contributed by atoms with Crippen LogP contribution in [0.4, 0.5) is 0 Å². The van der Waals surface area contributed by atoms with Gasteiger partial charge in [0.1, 0.15) is 24.6 Å². The smallest absolute Gasteiger partial charge is 0.303 e. The average Bonchev–Trinajstić information content (AvgIpc) is 2.52. The molecule has 0 aliphatic heterocycles. The van der Waals surface area contributed by atoms with E-state index in [4.69, 9.17) is 19.3 Å². The maximum Gasteiger partial charge on any atom is 0.303 e. The zero-order valence-corrected chi connectivity index (χ0v) is 13.5. The van der Waals surface area contributed by atoms with Crippen LogP contribution in [0.15, 0.2) is 24.3 Å². The van der Waals surface area contributed by atoms with Gasteiger partial charge in [0.2, 0.25) is 0 Å². The number of carbonyl (C=O) groups is 2. The van der Waals surface area contributed by atoms with Crippen LogP contribution in [0.2, 0.25) is 0 Å². The fourth-order valence-corrected chi connectivity index (χ4v) is 1.98. The van der Waals surface area contributed by atoms with Crippen LogP contribution in [0.3, 0.4) is 0 Å². The van der Waals surface area contributed by atoms with Gasteiger partial charge in [-0.15, -0.1) is 0 Å². The lowest BCUT2D eigenvalue weighted by Gasteiger charge is -2.29. The van der Waals surface area contributed by atoms with Gasteiger partial charge in [0.05, 0.1) is 13.2 Å². The van der Waals surface area contributed by atoms with Crippen LogP contribution in [0, 0.1) is 0 Å². The van der Waals surface area contributed by atoms with Crippen molar-refractivity contribution in [3.05, 3.63) is 29.8 Å². The van der Waals surface area contributed by atoms with Gasteiger partial charge in [0.15, 0.2) is 6.10 Å². The molecule has 3 unspecified atom stereocenters. The lowest BCUT2D eigenvalue weighted by Crippen LogP contribution is -2.46. The Balaban J connectivity index is 2.86. The quantitative estimate of drug-likeness (QED) is 0.541. The zero-order valence-electron chi connectivity index (χ0n) is 13.5. The maximum absolute atomic E-state index is 11.2. The molecule has 134 valence electrons. The van der Waals surface area contributed by atoms with E-state index in [2.05, 4.69) is 0 Å². The first kappa shape index (κ1) is 19.9. The van der Waals surface area contributed by atoms with Crippen molar-refractivity contribution in [3.63, 3.8) is 0 Å². The summed E-state index contributed by atoms with van der Waals surface area (Å²) < 4.78 is 15.5. The standard InChI is InChI=1S/C16H22O8/c1-10(18)22-9-15(16(14(21)7-17)24-11(2)19)23-8-12-4-3-5-13(20)6-12/h3-6,14-17,20-21H,7-9H2,1-2H3. The van der Waals surface area contributed by atoms with Crippen LogP contribution in [0.25, 0.3) is 0 Å². The van der Waals surface area contributed by atoms with E-state index in [0.717, 1.165) is 6.92 Å². The molecule has 0 bridgehead atoms. The van der Waals surface area contributed by atoms with Crippen molar-refractivity contribution in [3.8, 4) is 5.75 Å². The summed E-state index contributed by atoms with van der Waals surface area (Å²) in [6, 6.07) is 6.30. The first-order valence-electron chi connectivity index (χ1n) is 7.32. The number of phenols is 1. The van der Waals surface area contributed by atoms with Crippen LogP contribution in [0.5, 0.6) is 5.75 Å². The van der Waals surface area contributed by atoms with E-state index in [1.54, 1.807) is 12.1 Å². The number of carbonyl (C=O) groups excluding carboxylic acids is 2. The van der Waals surface area contributed by atoms with Gasteiger partial charge in [0, 0.05) is 13.8 Å². The highest BCUT2D eigenvalue weighted by Gasteiger charge is 2.33. The van der Waals surface area contributed by atoms with E-state index in [-0.39, 0.29) is 19.0 Å². The van der Waals surface area contributed by atoms with Gasteiger partial charge in [0.25, 0.3) is 0 Å². The van der Waals surface area contributed by atoms with Crippen LogP contribution in [0.1, 0.15) is 19.4 Å². The van der Waals surface area contributed by atoms with Crippen molar-refractivity contribution in [2.75, 3.05) is 13.2 Å². The van der Waals surface area contributed by atoms with Gasteiger partial charge in [-0.2, -0.15) is 0 Å². The molecule has 0 spiro atoms. The summed E-state index contributed by atoms with van der Waals surface area (Å²) in [5, 5.41) is 28.4. The molecule has 3 N–H and O–H groups in total. The number of benzene rings is 1. The molecule has 8 heteroatoms. The number of aromatic hydroxyl groups is 1. The van der Waals surface area contributed by atoms with E-state index in [1.807, 2.05) is 0 Å². The second-order valence-electron chi connectivity index (χ2n) is 5.15. The van der Waals surface area contributed by atoms with Crippen molar-refractivity contribution in [1.29, 1.82) is 0 Å². The Morgan fingerprint density at radius 3 is 2.46 bits per heavy atom. The highest BCUT2D eigenvalue weighted by Crippen LogP contribution is 2.16. The molecule has 8 nitrogen and oxygen atoms in total. The maximum atomic E-state index is 11.2. The van der Waals surface area contributed by atoms with E-state index in [0.29, 0.717) is 5.56 Å². The number of ether oxygens (including phenoxy) is 3. The monoisotopic (exact) mass is 342 g/mol. The minimum Gasteiger partial charge on any atom is -0.508 e. The Hall–Kier alpha value is -2.16. The Bertz CT molecular complexity index is 545. The lowest BCUT2D eigenvalue weighted by molar-refractivity contribution is -0.178. The SMILES string of the molecule is CC(=O)OCC(OCc1cccc(O)c1)C(OC(C)=O)C(O)CO. The Morgan fingerprint density at radius 1 is 1.21 bits per heavy atom. The minimum atomic E-state index is -1.40. The molecule has 1 aromatic rings. The molecule has 0 aliphatic carbocycles. The van der Waals surface area contributed by atoms with E-state index >= 15 is 0 Å². The molecule has 0 amide bonds. The predicted octanol–water partition coefficient (Wildman–Crippen LogP) is 0.125. The molecule has 0 radical (unpaired) electrons. The van der Waals surface area contributed by atoms with Crippen LogP contribution in [-0.2, 0) is 30.4 Å². The fourth-order valence-electron chi connectivity index (χ4n) is 1.98. The van der Waals surface area contributed by atoms with E-state index in [9.17, 15) is 19.8 Å². The Morgan fingerprint density at radius 2 is 1.92 bits per heavy atom. The Labute approximate surface area is 139 Å². The number of aliphatic hydroxyl groups is 2. The molecule has 1 rings (SSSR count). The molecular weight excluding hydrogens is 320 g/mol. The van der Waals surface area contributed by atoms with Crippen LogP contribution >= 0.6 is 0 Å². The summed E-state index contributed by atoms with van der Waals surface area (Å²) >= 11 is 0.